The van der Waals surface area contributed by atoms with Gasteiger partial charge in [-0.15, -0.1) is 0 Å². The van der Waals surface area contributed by atoms with Gasteiger partial charge in [0.25, 0.3) is 5.91 Å². The number of sulfone groups is 1. The molecule has 2 heterocycles. The summed E-state index contributed by atoms with van der Waals surface area (Å²) in [5.41, 5.74) is 1.62. The molecule has 2 rings (SSSR count). The highest BCUT2D eigenvalue weighted by Gasteiger charge is 2.29. The standard InChI is InChI=1S/C14H19N3O5S2/c1-9-5-10(2)16-14(15-9)23-7-13(19)22-6-12(18)17-11-3-4-24(20,21)8-11/h5,11H,3-4,6-8H2,1-2H3,(H,17,18)/t11-/m1/s1. The van der Waals surface area contributed by atoms with Crippen LogP contribution in [0.25, 0.3) is 0 Å². The summed E-state index contributed by atoms with van der Waals surface area (Å²) in [6.07, 6.45) is 0.391. The molecule has 1 amide bonds. The number of thioether (sulfide) groups is 1. The summed E-state index contributed by atoms with van der Waals surface area (Å²) in [5, 5.41) is 3.03. The van der Waals surface area contributed by atoms with Crippen molar-refractivity contribution in [2.75, 3.05) is 23.9 Å². The Bertz CT molecular complexity index is 716. The Morgan fingerprint density at radius 2 is 2.00 bits per heavy atom. The molecule has 1 saturated heterocycles. The average Bonchev–Trinajstić information content (AvgIpc) is 2.81. The first-order chi connectivity index (χ1) is 11.2. The number of amides is 1. The van der Waals surface area contributed by atoms with Crippen LogP contribution in [0.1, 0.15) is 17.8 Å². The van der Waals surface area contributed by atoms with E-state index in [9.17, 15) is 18.0 Å². The van der Waals surface area contributed by atoms with Crippen molar-refractivity contribution in [1.82, 2.24) is 15.3 Å². The monoisotopic (exact) mass is 373 g/mol. The molecule has 8 nitrogen and oxygen atoms in total. The zero-order valence-corrected chi connectivity index (χ0v) is 15.1. The summed E-state index contributed by atoms with van der Waals surface area (Å²) < 4.78 is 27.5. The van der Waals surface area contributed by atoms with Gasteiger partial charge in [0, 0.05) is 17.4 Å². The molecule has 132 valence electrons. The number of aromatic nitrogens is 2. The van der Waals surface area contributed by atoms with Crippen molar-refractivity contribution < 1.29 is 22.7 Å². The number of nitrogens with one attached hydrogen (secondary N) is 1. The molecule has 1 atom stereocenters. The second-order valence-electron chi connectivity index (χ2n) is 5.55. The molecule has 1 fully saturated rings. The van der Waals surface area contributed by atoms with Gasteiger partial charge >= 0.3 is 5.97 Å². The van der Waals surface area contributed by atoms with E-state index in [4.69, 9.17) is 4.74 Å². The molecule has 0 saturated carbocycles. The largest absolute Gasteiger partial charge is 0.455 e. The maximum absolute atomic E-state index is 11.7. The highest BCUT2D eigenvalue weighted by molar-refractivity contribution is 7.99. The number of carbonyl (C=O) groups is 2. The molecule has 0 aromatic carbocycles. The molecule has 1 aromatic rings. The molecule has 0 spiro atoms. The van der Waals surface area contributed by atoms with Gasteiger partial charge in [0.1, 0.15) is 0 Å². The van der Waals surface area contributed by atoms with Crippen molar-refractivity contribution in [1.29, 1.82) is 0 Å². The molecule has 0 bridgehead atoms. The third-order valence-corrected chi connectivity index (χ3v) is 5.83. The van der Waals surface area contributed by atoms with Crippen molar-refractivity contribution in [3.63, 3.8) is 0 Å². The van der Waals surface area contributed by atoms with E-state index in [2.05, 4.69) is 15.3 Å². The van der Waals surface area contributed by atoms with Crippen LogP contribution in [0.2, 0.25) is 0 Å². The second-order valence-corrected chi connectivity index (χ2v) is 8.72. The number of hydrogen-bond acceptors (Lipinski definition) is 8. The Morgan fingerprint density at radius 3 is 2.58 bits per heavy atom. The van der Waals surface area contributed by atoms with E-state index in [1.165, 1.54) is 0 Å². The van der Waals surface area contributed by atoms with Gasteiger partial charge in [0.15, 0.2) is 21.6 Å². The lowest BCUT2D eigenvalue weighted by Gasteiger charge is -2.10. The maximum Gasteiger partial charge on any atom is 0.316 e. The molecule has 1 aliphatic rings. The number of esters is 1. The van der Waals surface area contributed by atoms with Crippen molar-refractivity contribution in [3.8, 4) is 0 Å². The van der Waals surface area contributed by atoms with Crippen LogP contribution in [0.5, 0.6) is 0 Å². The molecule has 1 N–H and O–H groups in total. The first-order valence-corrected chi connectivity index (χ1v) is 10.1. The molecule has 24 heavy (non-hydrogen) atoms. The minimum atomic E-state index is -3.06. The quantitative estimate of drug-likeness (QED) is 0.422. The molecular weight excluding hydrogens is 354 g/mol. The molecule has 1 aromatic heterocycles. The van der Waals surface area contributed by atoms with Crippen LogP contribution in [0, 0.1) is 13.8 Å². The predicted molar refractivity (Wildman–Crippen MR) is 88.4 cm³/mol. The Balaban J connectivity index is 1.70. The summed E-state index contributed by atoms with van der Waals surface area (Å²) >= 11 is 1.13. The second kappa shape index (κ2) is 7.93. The number of ether oxygens (including phenoxy) is 1. The van der Waals surface area contributed by atoms with E-state index >= 15 is 0 Å². The van der Waals surface area contributed by atoms with Crippen LogP contribution in [-0.4, -0.2) is 60.2 Å². The van der Waals surface area contributed by atoms with E-state index in [0.717, 1.165) is 23.1 Å². The molecule has 0 unspecified atom stereocenters. The van der Waals surface area contributed by atoms with E-state index in [1.807, 2.05) is 19.9 Å². The van der Waals surface area contributed by atoms with Gasteiger partial charge in [-0.25, -0.2) is 18.4 Å². The Kier molecular flexibility index (Phi) is 6.16. The topological polar surface area (TPSA) is 115 Å². The molecular formula is C14H19N3O5S2. The fraction of sp³-hybridized carbons (Fsp3) is 0.571. The fourth-order valence-corrected chi connectivity index (χ4v) is 4.67. The Hall–Kier alpha value is -1.68. The van der Waals surface area contributed by atoms with Crippen molar-refractivity contribution in [2.24, 2.45) is 0 Å². The van der Waals surface area contributed by atoms with Crippen LogP contribution in [0.3, 0.4) is 0 Å². The fourth-order valence-electron chi connectivity index (χ4n) is 2.25. The van der Waals surface area contributed by atoms with Gasteiger partial charge in [0.2, 0.25) is 0 Å². The van der Waals surface area contributed by atoms with Gasteiger partial charge in [-0.05, 0) is 26.3 Å². The van der Waals surface area contributed by atoms with Crippen molar-refractivity contribution in [3.05, 3.63) is 17.5 Å². The average molecular weight is 373 g/mol. The summed E-state index contributed by atoms with van der Waals surface area (Å²) in [6.45, 7) is 3.25. The zero-order chi connectivity index (χ0) is 17.7. The zero-order valence-electron chi connectivity index (χ0n) is 13.4. The SMILES string of the molecule is Cc1cc(C)nc(SCC(=O)OCC(=O)N[C@@H]2CCS(=O)(=O)C2)n1. The minimum Gasteiger partial charge on any atom is -0.455 e. The third kappa shape index (κ3) is 6.08. The lowest BCUT2D eigenvalue weighted by Crippen LogP contribution is -2.38. The summed E-state index contributed by atoms with van der Waals surface area (Å²) in [6, 6.07) is 1.43. The van der Waals surface area contributed by atoms with E-state index in [1.54, 1.807) is 0 Å². The normalized spacial score (nSPS) is 19.0. The highest BCUT2D eigenvalue weighted by Crippen LogP contribution is 2.14. The van der Waals surface area contributed by atoms with Crippen LogP contribution in [-0.2, 0) is 24.2 Å². The van der Waals surface area contributed by atoms with Crippen LogP contribution < -0.4 is 5.32 Å². The third-order valence-electron chi connectivity index (χ3n) is 3.24. The summed E-state index contributed by atoms with van der Waals surface area (Å²) in [4.78, 5) is 31.7. The van der Waals surface area contributed by atoms with E-state index in [-0.39, 0.29) is 17.3 Å². The number of hydrogen-bond donors (Lipinski definition) is 1. The van der Waals surface area contributed by atoms with Gasteiger partial charge in [-0.3, -0.25) is 9.59 Å². The predicted octanol–water partition coefficient (Wildman–Crippen LogP) is 0.0320. The van der Waals surface area contributed by atoms with Gasteiger partial charge in [0.05, 0.1) is 17.3 Å². The first kappa shape index (κ1) is 18.7. The summed E-state index contributed by atoms with van der Waals surface area (Å²) in [5.74, 6) is -1.06. The highest BCUT2D eigenvalue weighted by atomic mass is 32.2. The number of rotatable bonds is 6. The minimum absolute atomic E-state index is 0.00597. The van der Waals surface area contributed by atoms with E-state index in [0.29, 0.717) is 11.6 Å². The number of carbonyl (C=O) groups excluding carboxylic acids is 2. The van der Waals surface area contributed by atoms with Crippen LogP contribution in [0.4, 0.5) is 0 Å². The Labute approximate surface area is 144 Å². The Morgan fingerprint density at radius 1 is 1.33 bits per heavy atom. The van der Waals surface area contributed by atoms with E-state index < -0.39 is 34.4 Å². The van der Waals surface area contributed by atoms with Gasteiger partial charge in [-0.1, -0.05) is 11.8 Å². The number of nitrogens with zero attached hydrogens (tertiary/aromatic N) is 2. The maximum atomic E-state index is 11.7. The lowest BCUT2D eigenvalue weighted by atomic mass is 10.2. The molecule has 10 heteroatoms. The molecule has 1 aliphatic heterocycles. The van der Waals surface area contributed by atoms with Gasteiger partial charge < -0.3 is 10.1 Å². The van der Waals surface area contributed by atoms with Crippen LogP contribution >= 0.6 is 11.8 Å². The smallest absolute Gasteiger partial charge is 0.316 e. The van der Waals surface area contributed by atoms with Crippen molar-refractivity contribution in [2.45, 2.75) is 31.5 Å². The lowest BCUT2D eigenvalue weighted by molar-refractivity contribution is -0.146. The number of aryl methyl sites for hydroxylation is 2. The van der Waals surface area contributed by atoms with Gasteiger partial charge in [-0.2, -0.15) is 0 Å². The molecule has 0 aliphatic carbocycles. The molecule has 0 radical (unpaired) electrons. The van der Waals surface area contributed by atoms with Crippen LogP contribution in [0.15, 0.2) is 11.2 Å². The van der Waals surface area contributed by atoms with Crippen molar-refractivity contribution >= 4 is 33.5 Å². The summed E-state index contributed by atoms with van der Waals surface area (Å²) in [7, 11) is -3.06. The first-order valence-electron chi connectivity index (χ1n) is 7.34.